The molecule has 1 heterocycles. The van der Waals surface area contributed by atoms with Gasteiger partial charge in [0.15, 0.2) is 18.9 Å². The van der Waals surface area contributed by atoms with Gasteiger partial charge in [-0.3, -0.25) is 14.4 Å². The van der Waals surface area contributed by atoms with E-state index in [0.29, 0.717) is 30.9 Å². The lowest BCUT2D eigenvalue weighted by Gasteiger charge is -2.31. The summed E-state index contributed by atoms with van der Waals surface area (Å²) in [5, 5.41) is 3.01. The molecular formula is C24H30N3O4+. The molecule has 7 heteroatoms. The third kappa shape index (κ3) is 6.39. The van der Waals surface area contributed by atoms with Crippen LogP contribution in [0.2, 0.25) is 0 Å². The van der Waals surface area contributed by atoms with Crippen LogP contribution in [0.3, 0.4) is 0 Å². The Labute approximate surface area is 183 Å². The zero-order valence-corrected chi connectivity index (χ0v) is 18.1. The van der Waals surface area contributed by atoms with E-state index in [1.54, 1.807) is 29.2 Å². The number of aryl methyl sites for hydroxylation is 1. The van der Waals surface area contributed by atoms with E-state index in [0.717, 1.165) is 35.7 Å². The summed E-state index contributed by atoms with van der Waals surface area (Å²) < 4.78 is 5.56. The molecule has 0 bridgehead atoms. The van der Waals surface area contributed by atoms with Gasteiger partial charge in [0.2, 0.25) is 0 Å². The number of piperazine rings is 1. The number of Topliss-reactive ketones (excluding diaryl/α,β-unsaturated/α-hetero) is 1. The van der Waals surface area contributed by atoms with Crippen LogP contribution >= 0.6 is 0 Å². The highest BCUT2D eigenvalue weighted by Crippen LogP contribution is 2.15. The van der Waals surface area contributed by atoms with Crippen molar-refractivity contribution in [3.05, 3.63) is 59.7 Å². The molecule has 2 N–H and O–H groups in total. The van der Waals surface area contributed by atoms with E-state index in [1.807, 2.05) is 24.3 Å². The predicted molar refractivity (Wildman–Crippen MR) is 119 cm³/mol. The number of amides is 2. The molecule has 7 nitrogen and oxygen atoms in total. The van der Waals surface area contributed by atoms with Crippen LogP contribution < -0.4 is 15.0 Å². The minimum atomic E-state index is -0.0731. The van der Waals surface area contributed by atoms with E-state index < -0.39 is 0 Å². The van der Waals surface area contributed by atoms with Crippen LogP contribution in [0, 0.1) is 0 Å². The Hall–Kier alpha value is -3.19. The molecule has 0 unspecified atom stereocenters. The Morgan fingerprint density at radius 2 is 1.71 bits per heavy atom. The van der Waals surface area contributed by atoms with Crippen LogP contribution in [-0.2, 0) is 16.0 Å². The first kappa shape index (κ1) is 22.5. The van der Waals surface area contributed by atoms with Crippen molar-refractivity contribution in [3.8, 4) is 5.75 Å². The highest BCUT2D eigenvalue weighted by atomic mass is 16.5. The van der Waals surface area contributed by atoms with Crippen LogP contribution in [0.15, 0.2) is 48.5 Å². The molecular weight excluding hydrogens is 394 g/mol. The highest BCUT2D eigenvalue weighted by Gasteiger charge is 2.25. The highest BCUT2D eigenvalue weighted by molar-refractivity contribution is 5.94. The summed E-state index contributed by atoms with van der Waals surface area (Å²) in [7, 11) is 0. The summed E-state index contributed by atoms with van der Waals surface area (Å²) in [6.07, 6.45) is 0.868. The minimum Gasteiger partial charge on any atom is -0.484 e. The number of ether oxygens (including phenoxy) is 1. The lowest BCUT2D eigenvalue weighted by molar-refractivity contribution is -0.895. The topological polar surface area (TPSA) is 80.2 Å². The summed E-state index contributed by atoms with van der Waals surface area (Å²) in [5.74, 6) is 0.474. The Balaban J connectivity index is 1.41. The quantitative estimate of drug-likeness (QED) is 0.624. The second kappa shape index (κ2) is 10.7. The van der Waals surface area contributed by atoms with Crippen molar-refractivity contribution in [2.75, 3.05) is 44.6 Å². The summed E-state index contributed by atoms with van der Waals surface area (Å²) in [6.45, 7) is 6.57. The van der Waals surface area contributed by atoms with E-state index in [9.17, 15) is 14.4 Å². The number of hydrogen-bond acceptors (Lipinski definition) is 4. The van der Waals surface area contributed by atoms with E-state index in [-0.39, 0.29) is 24.2 Å². The van der Waals surface area contributed by atoms with Gasteiger partial charge in [0, 0.05) is 11.3 Å². The van der Waals surface area contributed by atoms with Crippen LogP contribution in [-0.4, -0.2) is 61.8 Å². The van der Waals surface area contributed by atoms with Crippen LogP contribution in [0.5, 0.6) is 5.75 Å². The van der Waals surface area contributed by atoms with Crippen LogP contribution in [0.1, 0.15) is 29.8 Å². The lowest BCUT2D eigenvalue weighted by Crippen LogP contribution is -3.15. The van der Waals surface area contributed by atoms with E-state index in [4.69, 9.17) is 4.74 Å². The van der Waals surface area contributed by atoms with Gasteiger partial charge in [-0.05, 0) is 49.2 Å². The lowest BCUT2D eigenvalue weighted by atomic mass is 10.1. The number of para-hydroxylation sites is 1. The van der Waals surface area contributed by atoms with Crippen molar-refractivity contribution in [2.24, 2.45) is 0 Å². The van der Waals surface area contributed by atoms with Gasteiger partial charge < -0.3 is 19.9 Å². The first-order valence-corrected chi connectivity index (χ1v) is 10.7. The van der Waals surface area contributed by atoms with Crippen molar-refractivity contribution in [1.29, 1.82) is 0 Å². The maximum Gasteiger partial charge on any atom is 0.279 e. The molecule has 3 rings (SSSR count). The summed E-state index contributed by atoms with van der Waals surface area (Å²) >= 11 is 0. The first-order chi connectivity index (χ1) is 15.0. The predicted octanol–water partition coefficient (Wildman–Crippen LogP) is 1.20. The van der Waals surface area contributed by atoms with Crippen LogP contribution in [0.25, 0.3) is 0 Å². The summed E-state index contributed by atoms with van der Waals surface area (Å²) in [5.41, 5.74) is 2.61. The monoisotopic (exact) mass is 424 g/mol. The number of carbonyl (C=O) groups is 3. The second-order valence-corrected chi connectivity index (χ2v) is 7.74. The van der Waals surface area contributed by atoms with Crippen molar-refractivity contribution in [1.82, 2.24) is 4.90 Å². The SMILES string of the molecule is CCc1ccccc1NC(=O)C[NH+]1CCN(C(=O)COc2ccc(C(C)=O)cc2)CC1. The number of benzene rings is 2. The maximum absolute atomic E-state index is 12.4. The van der Waals surface area contributed by atoms with Gasteiger partial charge in [-0.15, -0.1) is 0 Å². The molecule has 31 heavy (non-hydrogen) atoms. The van der Waals surface area contributed by atoms with Crippen LogP contribution in [0.4, 0.5) is 5.69 Å². The molecule has 2 aromatic carbocycles. The molecule has 0 aromatic heterocycles. The maximum atomic E-state index is 12.4. The van der Waals surface area contributed by atoms with Gasteiger partial charge >= 0.3 is 0 Å². The molecule has 2 aromatic rings. The van der Waals surface area contributed by atoms with Gasteiger partial charge in [-0.1, -0.05) is 25.1 Å². The molecule has 2 amide bonds. The van der Waals surface area contributed by atoms with Gasteiger partial charge in [0.1, 0.15) is 5.75 Å². The zero-order chi connectivity index (χ0) is 22.2. The number of carbonyl (C=O) groups excluding carboxylic acids is 3. The normalized spacial score (nSPS) is 14.2. The van der Waals surface area contributed by atoms with Gasteiger partial charge in [0.05, 0.1) is 26.2 Å². The Morgan fingerprint density at radius 3 is 2.35 bits per heavy atom. The van der Waals surface area contributed by atoms with Gasteiger partial charge in [0.25, 0.3) is 11.8 Å². The average molecular weight is 425 g/mol. The Bertz CT molecular complexity index is 919. The fraction of sp³-hybridized carbons (Fsp3) is 0.375. The molecule has 1 saturated heterocycles. The van der Waals surface area contributed by atoms with E-state index in [1.165, 1.54) is 6.92 Å². The number of hydrogen-bond donors (Lipinski definition) is 2. The fourth-order valence-corrected chi connectivity index (χ4v) is 3.64. The molecule has 1 fully saturated rings. The number of rotatable bonds is 8. The number of anilines is 1. The van der Waals surface area contributed by atoms with Gasteiger partial charge in [-0.25, -0.2) is 0 Å². The largest absolute Gasteiger partial charge is 0.484 e. The molecule has 164 valence electrons. The molecule has 0 aliphatic carbocycles. The number of ketones is 1. The number of nitrogens with one attached hydrogen (secondary N) is 2. The molecule has 0 atom stereocenters. The first-order valence-electron chi connectivity index (χ1n) is 10.7. The fourth-order valence-electron chi connectivity index (χ4n) is 3.64. The molecule has 0 saturated carbocycles. The molecule has 0 radical (unpaired) electrons. The molecule has 1 aliphatic heterocycles. The van der Waals surface area contributed by atoms with Crippen molar-refractivity contribution in [3.63, 3.8) is 0 Å². The minimum absolute atomic E-state index is 0.00647. The van der Waals surface area contributed by atoms with E-state index in [2.05, 4.69) is 12.2 Å². The summed E-state index contributed by atoms with van der Waals surface area (Å²) in [6, 6.07) is 14.6. The third-order valence-electron chi connectivity index (χ3n) is 5.53. The number of nitrogens with zero attached hydrogens (tertiary/aromatic N) is 1. The Morgan fingerprint density at radius 1 is 1.03 bits per heavy atom. The van der Waals surface area contributed by atoms with Crippen molar-refractivity contribution >= 4 is 23.3 Å². The average Bonchev–Trinajstić information content (AvgIpc) is 2.78. The third-order valence-corrected chi connectivity index (χ3v) is 5.53. The summed E-state index contributed by atoms with van der Waals surface area (Å²) in [4.78, 5) is 39.1. The zero-order valence-electron chi connectivity index (χ0n) is 18.1. The molecule has 1 aliphatic rings. The van der Waals surface area contributed by atoms with Crippen molar-refractivity contribution in [2.45, 2.75) is 20.3 Å². The smallest absolute Gasteiger partial charge is 0.279 e. The molecule has 0 spiro atoms. The van der Waals surface area contributed by atoms with E-state index >= 15 is 0 Å². The number of quaternary nitrogens is 1. The second-order valence-electron chi connectivity index (χ2n) is 7.74. The Kier molecular flexibility index (Phi) is 7.78. The van der Waals surface area contributed by atoms with Gasteiger partial charge in [-0.2, -0.15) is 0 Å². The van der Waals surface area contributed by atoms with Crippen molar-refractivity contribution < 1.29 is 24.0 Å². The standard InChI is InChI=1S/C24H29N3O4/c1-3-19-6-4-5-7-22(19)25-23(29)16-26-12-14-27(15-13-26)24(30)17-31-21-10-8-20(9-11-21)18(2)28/h4-11H,3,12-17H2,1-2H3,(H,25,29)/p+1.